The fourth-order valence-electron chi connectivity index (χ4n) is 3.54. The number of esters is 1. The van der Waals surface area contributed by atoms with Crippen LogP contribution in [0.2, 0.25) is 0 Å². The summed E-state index contributed by atoms with van der Waals surface area (Å²) in [5, 5.41) is 4.19. The van der Waals surface area contributed by atoms with Crippen LogP contribution in [-0.2, 0) is 16.1 Å². The second kappa shape index (κ2) is 13.0. The third kappa shape index (κ3) is 6.82. The number of anilines is 1. The van der Waals surface area contributed by atoms with Gasteiger partial charge in [-0.05, 0) is 60.2 Å². The molecule has 36 heavy (non-hydrogen) atoms. The number of rotatable bonds is 7. The van der Waals surface area contributed by atoms with Crippen LogP contribution in [0, 0.1) is 13.8 Å². The van der Waals surface area contributed by atoms with Crippen molar-refractivity contribution < 1.29 is 21.2 Å². The number of amides is 1. The van der Waals surface area contributed by atoms with Crippen LogP contribution in [0.1, 0.15) is 45.4 Å². The van der Waals surface area contributed by atoms with Crippen LogP contribution in [0.15, 0.2) is 79.1 Å². The van der Waals surface area contributed by atoms with Gasteiger partial charge in [0.2, 0.25) is 5.91 Å². The fourth-order valence-corrected chi connectivity index (χ4v) is 3.54. The van der Waals surface area contributed by atoms with Crippen LogP contribution in [0.5, 0.6) is 0 Å². The molecule has 0 spiro atoms. The molecule has 1 amide bonds. The number of aryl methyl sites for hydroxylation is 2. The van der Waals surface area contributed by atoms with E-state index in [4.69, 9.17) is 17.3 Å². The topological polar surface area (TPSA) is 94.3 Å². The van der Waals surface area contributed by atoms with Crippen molar-refractivity contribution >= 4 is 53.2 Å². The molecule has 3 N–H and O–H groups in total. The Hall–Kier alpha value is -3.45. The van der Waals surface area contributed by atoms with Crippen LogP contribution in [0.3, 0.4) is 0 Å². The number of carbonyl (C=O) groups excluding carboxylic acids is 2. The highest BCUT2D eigenvalue weighted by molar-refractivity contribution is 5.98. The molecule has 0 aliphatic rings. The largest absolute Gasteiger partial charge is 0.457 e. The van der Waals surface area contributed by atoms with Crippen molar-refractivity contribution in [1.29, 1.82) is 0 Å². The first-order chi connectivity index (χ1) is 18.2. The molecule has 6 nitrogen and oxygen atoms in total. The molecule has 4 rings (SSSR count). The number of hydrogen-bond donors (Lipinski definition) is 2. The van der Waals surface area contributed by atoms with Gasteiger partial charge in [0, 0.05) is 34.1 Å². The summed E-state index contributed by atoms with van der Waals surface area (Å²) in [5.41, 5.74) is 7.68. The van der Waals surface area contributed by atoms with Gasteiger partial charge in [0.25, 0.3) is 0 Å². The van der Waals surface area contributed by atoms with Crippen molar-refractivity contribution in [2.45, 2.75) is 26.3 Å². The van der Waals surface area contributed by atoms with Crippen LogP contribution >= 0.6 is 24.8 Å². The Balaban J connectivity index is 0.00000294. The second-order valence-corrected chi connectivity index (χ2v) is 7.80. The second-order valence-electron chi connectivity index (χ2n) is 7.80. The number of aromatic nitrogens is 1. The number of benzene rings is 3. The van der Waals surface area contributed by atoms with Gasteiger partial charge in [-0.15, -0.1) is 24.8 Å². The van der Waals surface area contributed by atoms with Gasteiger partial charge in [-0.1, -0.05) is 48.0 Å². The molecule has 3 aromatic carbocycles. The van der Waals surface area contributed by atoms with E-state index < -0.39 is 30.8 Å². The first-order valence-electron chi connectivity index (χ1n) is 13.1. The van der Waals surface area contributed by atoms with E-state index in [9.17, 15) is 9.59 Å². The Morgan fingerprint density at radius 1 is 1.03 bits per heavy atom. The summed E-state index contributed by atoms with van der Waals surface area (Å²) in [7, 11) is 0. The lowest BCUT2D eigenvalue weighted by Crippen LogP contribution is -2.27. The number of pyridine rings is 1. The number of nitrogens with zero attached hydrogens (tertiary/aromatic N) is 1. The molecule has 0 aliphatic carbocycles. The summed E-state index contributed by atoms with van der Waals surface area (Å²) in [4.78, 5) is 30.0. The van der Waals surface area contributed by atoms with E-state index in [1.807, 2.05) is 6.92 Å². The molecule has 188 valence electrons. The average molecular weight is 531 g/mol. The quantitative estimate of drug-likeness (QED) is 0.297. The zero-order valence-corrected chi connectivity index (χ0v) is 21.2. The maximum absolute atomic E-state index is 13.3. The highest BCUT2D eigenvalue weighted by atomic mass is 35.5. The Morgan fingerprint density at radius 2 is 1.78 bits per heavy atom. The van der Waals surface area contributed by atoms with E-state index in [2.05, 4.69) is 10.3 Å². The third-order valence-electron chi connectivity index (χ3n) is 5.31. The molecule has 8 heteroatoms. The van der Waals surface area contributed by atoms with Gasteiger partial charge in [-0.3, -0.25) is 9.78 Å². The Morgan fingerprint density at radius 3 is 2.47 bits per heavy atom. The molecule has 1 atom stereocenters. The van der Waals surface area contributed by atoms with Gasteiger partial charge >= 0.3 is 5.97 Å². The summed E-state index contributed by atoms with van der Waals surface area (Å²) in [6.07, 6.45) is 3.26. The molecule has 0 fully saturated rings. The number of halogens is 2. The van der Waals surface area contributed by atoms with Crippen molar-refractivity contribution in [2.75, 3.05) is 11.8 Å². The minimum atomic E-state index is -2.81. The lowest BCUT2D eigenvalue weighted by molar-refractivity contribution is -0.117. The molecule has 1 aromatic heterocycles. The average Bonchev–Trinajstić information content (AvgIpc) is 2.87. The molecular weight excluding hydrogens is 497 g/mol. The molecule has 0 radical (unpaired) electrons. The van der Waals surface area contributed by atoms with Crippen LogP contribution < -0.4 is 11.1 Å². The predicted octanol–water partition coefficient (Wildman–Crippen LogP) is 5.73. The van der Waals surface area contributed by atoms with Crippen LogP contribution in [-0.4, -0.2) is 23.4 Å². The first kappa shape index (κ1) is 21.8. The summed E-state index contributed by atoms with van der Waals surface area (Å²) in [6.45, 7) is -1.75. The fraction of sp³-hybridized carbons (Fsp3) is 0.179. The smallest absolute Gasteiger partial charge is 0.338 e. The molecule has 4 aromatic rings. The molecule has 0 saturated heterocycles. The SMILES string of the molecule is Cl.Cl.[2H]C([2H])(OC(=O)c1ccc(C)cc1C)c1ccc([C@]([2H])(C(=O)Nc2ccc3cnccc3c2)C([2H])([2H])N)cc1. The zero-order valence-electron chi connectivity index (χ0n) is 24.6. The Labute approximate surface area is 230 Å². The van der Waals surface area contributed by atoms with Crippen molar-refractivity contribution in [3.8, 4) is 0 Å². The minimum absolute atomic E-state index is 0. The maximum Gasteiger partial charge on any atom is 0.338 e. The van der Waals surface area contributed by atoms with Crippen molar-refractivity contribution in [3.05, 3.63) is 107 Å². The third-order valence-corrected chi connectivity index (χ3v) is 5.31. The summed E-state index contributed by atoms with van der Waals surface area (Å²) >= 11 is 0. The van der Waals surface area contributed by atoms with Crippen molar-refractivity contribution in [1.82, 2.24) is 4.98 Å². The molecule has 1 heterocycles. The highest BCUT2D eigenvalue weighted by Gasteiger charge is 2.19. The number of hydrogen-bond acceptors (Lipinski definition) is 5. The number of carbonyl (C=O) groups is 2. The lowest BCUT2D eigenvalue weighted by atomic mass is 9.97. The molecule has 0 aliphatic heterocycles. The Kier molecular flexibility index (Phi) is 7.89. The predicted molar refractivity (Wildman–Crippen MR) is 148 cm³/mol. The Bertz CT molecular complexity index is 1570. The lowest BCUT2D eigenvalue weighted by Gasteiger charge is -2.16. The number of ether oxygens (including phenoxy) is 1. The highest BCUT2D eigenvalue weighted by Crippen LogP contribution is 2.22. The van der Waals surface area contributed by atoms with Crippen molar-refractivity contribution in [3.63, 3.8) is 0 Å². The van der Waals surface area contributed by atoms with E-state index >= 15 is 0 Å². The molecule has 0 bridgehead atoms. The molecular formula is C28H29Cl2N3O3. The normalized spacial score (nSPS) is 14.8. The molecule has 0 saturated carbocycles. The number of nitrogens with one attached hydrogen (secondary N) is 1. The summed E-state index contributed by atoms with van der Waals surface area (Å²) in [6, 6.07) is 16.7. The van der Waals surface area contributed by atoms with Gasteiger partial charge in [-0.2, -0.15) is 0 Å². The number of nitrogens with two attached hydrogens (primary N) is 1. The van der Waals surface area contributed by atoms with Gasteiger partial charge < -0.3 is 15.8 Å². The van der Waals surface area contributed by atoms with Crippen LogP contribution in [0.25, 0.3) is 10.8 Å². The monoisotopic (exact) mass is 530 g/mol. The standard InChI is InChI=1S/C28H27N3O3.2ClH/c1-18-3-10-25(19(2)13-18)28(33)34-17-20-4-6-21(7-5-20)26(15-29)27(32)31-24-9-8-23-16-30-12-11-22(23)14-24;;/h3-14,16,26H,15,17,29H2,1-2H3,(H,31,32);2*1H/t26-;;/m1../s1/i15D2,17D2,26D;;. The van der Waals surface area contributed by atoms with Crippen LogP contribution in [0.4, 0.5) is 5.69 Å². The van der Waals surface area contributed by atoms with Gasteiger partial charge in [-0.25, -0.2) is 4.79 Å². The number of fused-ring (bicyclic) bond motifs is 1. The van der Waals surface area contributed by atoms with E-state index in [0.29, 0.717) is 11.3 Å². The van der Waals surface area contributed by atoms with E-state index in [1.165, 1.54) is 24.3 Å². The molecule has 0 unspecified atom stereocenters. The van der Waals surface area contributed by atoms with E-state index in [0.717, 1.165) is 16.3 Å². The van der Waals surface area contributed by atoms with E-state index in [1.54, 1.807) is 61.8 Å². The zero-order chi connectivity index (χ0) is 28.6. The van der Waals surface area contributed by atoms with Gasteiger partial charge in [0.1, 0.15) is 6.56 Å². The summed E-state index contributed by atoms with van der Waals surface area (Å²) < 4.78 is 46.8. The van der Waals surface area contributed by atoms with Gasteiger partial charge in [0.15, 0.2) is 0 Å². The van der Waals surface area contributed by atoms with Gasteiger partial charge in [0.05, 0.1) is 14.2 Å². The minimum Gasteiger partial charge on any atom is -0.457 e. The first-order valence-corrected chi connectivity index (χ1v) is 10.6. The maximum atomic E-state index is 13.3. The summed E-state index contributed by atoms with van der Waals surface area (Å²) in [5.74, 6) is -4.46. The van der Waals surface area contributed by atoms with E-state index in [-0.39, 0.29) is 41.5 Å². The van der Waals surface area contributed by atoms with Crippen molar-refractivity contribution in [2.24, 2.45) is 5.73 Å².